The molecule has 1 saturated carbocycles. The topological polar surface area (TPSA) is 88.6 Å². The predicted molar refractivity (Wildman–Crippen MR) is 119 cm³/mol. The van der Waals surface area contributed by atoms with E-state index < -0.39 is 9.84 Å². The van der Waals surface area contributed by atoms with Crippen LogP contribution in [0.5, 0.6) is 0 Å². The van der Waals surface area contributed by atoms with Crippen LogP contribution in [0.4, 0.5) is 0 Å². The average Bonchev–Trinajstić information content (AvgIpc) is 3.12. The van der Waals surface area contributed by atoms with Gasteiger partial charge in [0.15, 0.2) is 0 Å². The minimum absolute atomic E-state index is 0.0172. The van der Waals surface area contributed by atoms with Crippen molar-refractivity contribution in [2.75, 3.05) is 0 Å². The Hall–Kier alpha value is -2.72. The number of pyridine rings is 1. The normalized spacial score (nSPS) is 15.8. The number of hydrogen-bond donors (Lipinski definition) is 0. The molecule has 0 spiro atoms. The van der Waals surface area contributed by atoms with E-state index in [9.17, 15) is 8.42 Å². The Labute approximate surface area is 183 Å². The third-order valence-electron chi connectivity index (χ3n) is 6.02. The molecule has 2 aromatic heterocycles. The Balaban J connectivity index is 1.79. The van der Waals surface area contributed by atoms with E-state index in [0.29, 0.717) is 11.4 Å². The Bertz CT molecular complexity index is 1260. The van der Waals surface area contributed by atoms with E-state index in [4.69, 9.17) is 10.2 Å². The van der Waals surface area contributed by atoms with Crippen molar-refractivity contribution in [1.82, 2.24) is 14.5 Å². The molecule has 3 aromatic rings. The largest absolute Gasteiger partial charge is 0.327 e. The molecule has 7 heteroatoms. The maximum Gasteiger partial charge on any atom is 0.208 e. The fourth-order valence-electron chi connectivity index (χ4n) is 4.43. The average molecular weight is 437 g/mol. The molecule has 2 heterocycles. The zero-order valence-corrected chi connectivity index (χ0v) is 19.1. The summed E-state index contributed by atoms with van der Waals surface area (Å²) >= 11 is 0. The van der Waals surface area contributed by atoms with Crippen molar-refractivity contribution < 1.29 is 8.42 Å². The minimum Gasteiger partial charge on any atom is -0.327 e. The van der Waals surface area contributed by atoms with E-state index >= 15 is 0 Å². The molecule has 0 aliphatic heterocycles. The van der Waals surface area contributed by atoms with Crippen molar-refractivity contribution >= 4 is 20.9 Å². The van der Waals surface area contributed by atoms with Gasteiger partial charge in [0, 0.05) is 24.4 Å². The molecule has 6 nitrogen and oxygen atoms in total. The van der Waals surface area contributed by atoms with Crippen LogP contribution in [0.2, 0.25) is 0 Å². The lowest BCUT2D eigenvalue weighted by molar-refractivity contribution is 0.313. The van der Waals surface area contributed by atoms with Gasteiger partial charge in [0.05, 0.1) is 26.4 Å². The van der Waals surface area contributed by atoms with E-state index in [2.05, 4.69) is 30.3 Å². The van der Waals surface area contributed by atoms with Gasteiger partial charge < -0.3 is 4.57 Å². The third-order valence-corrected chi connectivity index (χ3v) is 7.74. The van der Waals surface area contributed by atoms with Crippen LogP contribution < -0.4 is 0 Å². The van der Waals surface area contributed by atoms with Crippen LogP contribution in [0.25, 0.3) is 11.0 Å². The maximum atomic E-state index is 13.2. The first-order valence-corrected chi connectivity index (χ1v) is 12.3. The van der Waals surface area contributed by atoms with Crippen LogP contribution >= 0.6 is 0 Å². The SMILES string of the molecule is CC(C)(C)c1nc2cc(S(=O)(=O)c3cncc(C#N)c3)ccc2n1CC1CCCCC1. The van der Waals surface area contributed by atoms with E-state index in [0.717, 1.165) is 17.9 Å². The molecule has 0 unspecified atom stereocenters. The summed E-state index contributed by atoms with van der Waals surface area (Å²) in [5.41, 5.74) is 1.72. The highest BCUT2D eigenvalue weighted by Gasteiger charge is 2.27. The predicted octanol–water partition coefficient (Wildman–Crippen LogP) is 5.01. The van der Waals surface area contributed by atoms with Gasteiger partial charge in [-0.3, -0.25) is 4.98 Å². The molecule has 0 atom stereocenters. The Morgan fingerprint density at radius 1 is 1.10 bits per heavy atom. The van der Waals surface area contributed by atoms with Crippen molar-refractivity contribution in [3.63, 3.8) is 0 Å². The molecule has 4 rings (SSSR count). The van der Waals surface area contributed by atoms with Crippen LogP contribution in [0.3, 0.4) is 0 Å². The summed E-state index contributed by atoms with van der Waals surface area (Å²) in [5.74, 6) is 1.62. The van der Waals surface area contributed by atoms with Crippen LogP contribution in [-0.4, -0.2) is 23.0 Å². The second-order valence-electron chi connectivity index (χ2n) is 9.48. The summed E-state index contributed by atoms with van der Waals surface area (Å²) in [6.07, 6.45) is 8.97. The highest BCUT2D eigenvalue weighted by molar-refractivity contribution is 7.91. The first-order valence-electron chi connectivity index (χ1n) is 10.8. The zero-order valence-electron chi connectivity index (χ0n) is 18.3. The minimum atomic E-state index is -3.79. The maximum absolute atomic E-state index is 13.2. The molecule has 0 saturated heterocycles. The third kappa shape index (κ3) is 4.22. The van der Waals surface area contributed by atoms with E-state index in [-0.39, 0.29) is 20.8 Å². The highest BCUT2D eigenvalue weighted by atomic mass is 32.2. The molecular weight excluding hydrogens is 408 g/mol. The van der Waals surface area contributed by atoms with Crippen LogP contribution in [0.1, 0.15) is 64.3 Å². The highest BCUT2D eigenvalue weighted by Crippen LogP contribution is 2.33. The van der Waals surface area contributed by atoms with Gasteiger partial charge in [-0.15, -0.1) is 0 Å². The fourth-order valence-corrected chi connectivity index (χ4v) is 5.69. The molecule has 1 aliphatic rings. The number of nitrogens with zero attached hydrogens (tertiary/aromatic N) is 4. The second kappa shape index (κ2) is 8.08. The van der Waals surface area contributed by atoms with Gasteiger partial charge in [-0.2, -0.15) is 5.26 Å². The summed E-state index contributed by atoms with van der Waals surface area (Å²) in [7, 11) is -3.79. The number of sulfone groups is 1. The van der Waals surface area contributed by atoms with Gasteiger partial charge in [-0.05, 0) is 43.0 Å². The van der Waals surface area contributed by atoms with Gasteiger partial charge in [0.25, 0.3) is 0 Å². The first-order chi connectivity index (χ1) is 14.7. The van der Waals surface area contributed by atoms with E-state index in [1.807, 2.05) is 12.1 Å². The molecule has 0 amide bonds. The molecule has 31 heavy (non-hydrogen) atoms. The van der Waals surface area contributed by atoms with E-state index in [1.54, 1.807) is 12.1 Å². The molecule has 1 aromatic carbocycles. The van der Waals surface area contributed by atoms with Crippen molar-refractivity contribution in [2.45, 2.75) is 74.6 Å². The molecule has 1 aliphatic carbocycles. The summed E-state index contributed by atoms with van der Waals surface area (Å²) in [4.78, 5) is 8.97. The van der Waals surface area contributed by atoms with Crippen molar-refractivity contribution in [3.05, 3.63) is 48.0 Å². The quantitative estimate of drug-likeness (QED) is 0.573. The van der Waals surface area contributed by atoms with Crippen molar-refractivity contribution in [1.29, 1.82) is 5.26 Å². The van der Waals surface area contributed by atoms with Gasteiger partial charge in [0.1, 0.15) is 11.9 Å². The summed E-state index contributed by atoms with van der Waals surface area (Å²) in [5, 5.41) is 9.09. The lowest BCUT2D eigenvalue weighted by atomic mass is 9.88. The molecule has 0 bridgehead atoms. The molecule has 162 valence electrons. The Morgan fingerprint density at radius 3 is 2.52 bits per heavy atom. The smallest absolute Gasteiger partial charge is 0.208 e. The summed E-state index contributed by atoms with van der Waals surface area (Å²) in [6.45, 7) is 7.34. The number of fused-ring (bicyclic) bond motifs is 1. The monoisotopic (exact) mass is 436 g/mol. The van der Waals surface area contributed by atoms with E-state index in [1.165, 1.54) is 50.6 Å². The molecule has 0 radical (unpaired) electrons. The lowest BCUT2D eigenvalue weighted by Gasteiger charge is -2.26. The van der Waals surface area contributed by atoms with Gasteiger partial charge in [0.2, 0.25) is 9.84 Å². The standard InChI is InChI=1S/C24H28N4O2S/c1-24(2,3)23-27-21-12-19(31(29,30)20-11-18(13-25)14-26-15-20)9-10-22(21)28(23)16-17-7-5-4-6-8-17/h9-12,14-15,17H,4-8,16H2,1-3H3. The summed E-state index contributed by atoms with van der Waals surface area (Å²) in [6, 6.07) is 8.46. The number of benzene rings is 1. The molecular formula is C24H28N4O2S. The van der Waals surface area contributed by atoms with Crippen molar-refractivity contribution in [2.24, 2.45) is 5.92 Å². The van der Waals surface area contributed by atoms with Gasteiger partial charge >= 0.3 is 0 Å². The van der Waals surface area contributed by atoms with Gasteiger partial charge in [-0.25, -0.2) is 13.4 Å². The molecule has 0 N–H and O–H groups in total. The number of rotatable bonds is 4. The molecule has 1 fully saturated rings. The van der Waals surface area contributed by atoms with Crippen LogP contribution in [0.15, 0.2) is 46.5 Å². The summed E-state index contributed by atoms with van der Waals surface area (Å²) < 4.78 is 28.6. The van der Waals surface area contributed by atoms with Crippen molar-refractivity contribution in [3.8, 4) is 6.07 Å². The lowest BCUT2D eigenvalue weighted by Crippen LogP contribution is -2.22. The fraction of sp³-hybridized carbons (Fsp3) is 0.458. The Morgan fingerprint density at radius 2 is 1.84 bits per heavy atom. The number of aromatic nitrogens is 3. The Kier molecular flexibility index (Phi) is 5.61. The first kappa shape index (κ1) is 21.5. The van der Waals surface area contributed by atoms with Gasteiger partial charge in [-0.1, -0.05) is 40.0 Å². The second-order valence-corrected chi connectivity index (χ2v) is 11.4. The number of hydrogen-bond acceptors (Lipinski definition) is 5. The number of imidazole rings is 1. The van der Waals surface area contributed by atoms with Crippen LogP contribution in [0, 0.1) is 17.2 Å². The van der Waals surface area contributed by atoms with Crippen LogP contribution in [-0.2, 0) is 21.8 Å². The zero-order chi connectivity index (χ0) is 22.2. The number of nitriles is 1.